The first-order chi connectivity index (χ1) is 9.56. The van der Waals surface area contributed by atoms with Gasteiger partial charge in [0, 0.05) is 6.07 Å². The summed E-state index contributed by atoms with van der Waals surface area (Å²) in [5.74, 6) is 0.310. The molecule has 4 heteroatoms. The molecule has 1 rings (SSSR count). The maximum Gasteiger partial charge on any atom is 0.187 e. The van der Waals surface area contributed by atoms with Gasteiger partial charge >= 0.3 is 0 Å². The Morgan fingerprint density at radius 3 is 2.38 bits per heavy atom. The predicted molar refractivity (Wildman–Crippen MR) is 85.9 cm³/mol. The Balaban J connectivity index is 0.00000400. The highest BCUT2D eigenvalue weighted by Gasteiger charge is 2.19. The van der Waals surface area contributed by atoms with E-state index >= 15 is 0 Å². The number of aromatic hydroxyl groups is 1. The second-order valence-corrected chi connectivity index (χ2v) is 6.01. The number of halogens is 1. The topological polar surface area (TPSA) is 29.5 Å². The SMILES string of the molecule is CCCCCCCCOC[N+](C)(C)c1cccc(O)c1.[Cl-]. The average molecular weight is 316 g/mol. The number of quaternary nitrogens is 1. The second-order valence-electron chi connectivity index (χ2n) is 6.01. The Kier molecular flexibility index (Phi) is 10.5. The molecule has 1 aromatic carbocycles. The van der Waals surface area contributed by atoms with Crippen molar-refractivity contribution in [2.24, 2.45) is 0 Å². The molecule has 122 valence electrons. The summed E-state index contributed by atoms with van der Waals surface area (Å²) >= 11 is 0. The molecule has 1 aromatic rings. The van der Waals surface area contributed by atoms with Crippen molar-refractivity contribution in [2.75, 3.05) is 27.4 Å². The maximum absolute atomic E-state index is 9.54. The Labute approximate surface area is 135 Å². The fourth-order valence-corrected chi connectivity index (χ4v) is 2.22. The summed E-state index contributed by atoms with van der Waals surface area (Å²) in [6.07, 6.45) is 7.72. The van der Waals surface area contributed by atoms with Crippen LogP contribution in [0.2, 0.25) is 0 Å². The van der Waals surface area contributed by atoms with Crippen molar-refractivity contribution < 1.29 is 22.3 Å². The van der Waals surface area contributed by atoms with Crippen molar-refractivity contribution in [3.05, 3.63) is 24.3 Å². The Morgan fingerprint density at radius 1 is 1.05 bits per heavy atom. The number of phenols is 1. The lowest BCUT2D eigenvalue weighted by atomic mass is 10.1. The number of unbranched alkanes of at least 4 members (excludes halogenated alkanes) is 5. The van der Waals surface area contributed by atoms with Gasteiger partial charge in [-0.25, -0.2) is 0 Å². The fourth-order valence-electron chi connectivity index (χ4n) is 2.22. The molecule has 0 unspecified atom stereocenters. The van der Waals surface area contributed by atoms with Gasteiger partial charge in [0.15, 0.2) is 6.73 Å². The van der Waals surface area contributed by atoms with Crippen molar-refractivity contribution in [2.45, 2.75) is 45.4 Å². The van der Waals surface area contributed by atoms with Crippen LogP contribution in [-0.2, 0) is 4.74 Å². The summed E-state index contributed by atoms with van der Waals surface area (Å²) in [5.41, 5.74) is 1.06. The van der Waals surface area contributed by atoms with Gasteiger partial charge in [0.05, 0.1) is 20.7 Å². The molecule has 0 spiro atoms. The largest absolute Gasteiger partial charge is 1.00 e. The van der Waals surface area contributed by atoms with E-state index < -0.39 is 0 Å². The van der Waals surface area contributed by atoms with Crippen molar-refractivity contribution in [1.29, 1.82) is 0 Å². The first-order valence-electron chi connectivity index (χ1n) is 7.76. The van der Waals surface area contributed by atoms with Crippen molar-refractivity contribution >= 4 is 5.69 Å². The molecular weight excluding hydrogens is 286 g/mol. The number of hydrogen-bond acceptors (Lipinski definition) is 2. The normalized spacial score (nSPS) is 11.2. The van der Waals surface area contributed by atoms with Crippen LogP contribution < -0.4 is 16.9 Å². The molecule has 1 N–H and O–H groups in total. The van der Waals surface area contributed by atoms with E-state index in [0.29, 0.717) is 17.0 Å². The number of phenolic OH excluding ortho intramolecular Hbond substituents is 1. The minimum absolute atomic E-state index is 0. The lowest BCUT2D eigenvalue weighted by Gasteiger charge is -2.28. The van der Waals surface area contributed by atoms with E-state index in [1.54, 1.807) is 12.1 Å². The van der Waals surface area contributed by atoms with Crippen molar-refractivity contribution in [1.82, 2.24) is 4.48 Å². The summed E-state index contributed by atoms with van der Waals surface area (Å²) in [7, 11) is 4.19. The fraction of sp³-hybridized carbons (Fsp3) is 0.647. The van der Waals surface area contributed by atoms with Crippen LogP contribution in [0.1, 0.15) is 45.4 Å². The van der Waals surface area contributed by atoms with Gasteiger partial charge in [0.25, 0.3) is 0 Å². The number of hydrogen-bond donors (Lipinski definition) is 1. The van der Waals surface area contributed by atoms with Gasteiger partial charge in [-0.15, -0.1) is 0 Å². The van der Waals surface area contributed by atoms with E-state index in [1.807, 2.05) is 12.1 Å². The zero-order valence-electron chi connectivity index (χ0n) is 13.6. The number of rotatable bonds is 10. The lowest BCUT2D eigenvalue weighted by Crippen LogP contribution is -3.00. The molecule has 0 amide bonds. The molecule has 0 fully saturated rings. The number of benzene rings is 1. The van der Waals surface area contributed by atoms with Gasteiger partial charge in [0.2, 0.25) is 0 Å². The molecule has 3 nitrogen and oxygen atoms in total. The molecule has 21 heavy (non-hydrogen) atoms. The van der Waals surface area contributed by atoms with Crippen molar-refractivity contribution in [3.63, 3.8) is 0 Å². The monoisotopic (exact) mass is 315 g/mol. The molecule has 0 heterocycles. The maximum atomic E-state index is 9.54. The quantitative estimate of drug-likeness (QED) is 0.401. The van der Waals surface area contributed by atoms with E-state index in [2.05, 4.69) is 21.0 Å². The van der Waals surface area contributed by atoms with E-state index in [1.165, 1.54) is 32.1 Å². The minimum Gasteiger partial charge on any atom is -1.00 e. The van der Waals surface area contributed by atoms with Gasteiger partial charge in [-0.1, -0.05) is 45.1 Å². The Hall–Kier alpha value is -0.770. The second kappa shape index (κ2) is 10.9. The van der Waals surface area contributed by atoms with E-state index in [4.69, 9.17) is 4.74 Å². The summed E-state index contributed by atoms with van der Waals surface area (Å²) < 4.78 is 6.42. The average Bonchev–Trinajstić information content (AvgIpc) is 2.42. The van der Waals surface area contributed by atoms with Gasteiger partial charge in [-0.3, -0.25) is 4.48 Å². The Morgan fingerprint density at radius 2 is 1.71 bits per heavy atom. The third-order valence-corrected chi connectivity index (χ3v) is 3.58. The van der Waals surface area contributed by atoms with Gasteiger partial charge in [0.1, 0.15) is 11.4 Å². The van der Waals surface area contributed by atoms with Crippen LogP contribution in [0.4, 0.5) is 5.69 Å². The van der Waals surface area contributed by atoms with Gasteiger partial charge < -0.3 is 22.3 Å². The van der Waals surface area contributed by atoms with Crippen LogP contribution in [0.15, 0.2) is 24.3 Å². The van der Waals surface area contributed by atoms with Gasteiger partial charge in [-0.05, 0) is 18.6 Å². The highest BCUT2D eigenvalue weighted by Crippen LogP contribution is 2.23. The highest BCUT2D eigenvalue weighted by molar-refractivity contribution is 5.46. The third kappa shape index (κ3) is 8.30. The summed E-state index contributed by atoms with van der Waals surface area (Å²) in [5, 5.41) is 9.54. The van der Waals surface area contributed by atoms with E-state index in [-0.39, 0.29) is 12.4 Å². The lowest BCUT2D eigenvalue weighted by molar-refractivity contribution is -0.00000600. The molecule has 0 aliphatic heterocycles. The van der Waals surface area contributed by atoms with Crippen LogP contribution in [0.5, 0.6) is 5.75 Å². The molecule has 0 saturated carbocycles. The van der Waals surface area contributed by atoms with Crippen LogP contribution >= 0.6 is 0 Å². The molecule has 0 saturated heterocycles. The van der Waals surface area contributed by atoms with E-state index in [0.717, 1.165) is 18.7 Å². The number of nitrogens with zero attached hydrogens (tertiary/aromatic N) is 1. The van der Waals surface area contributed by atoms with Crippen LogP contribution in [0, 0.1) is 0 Å². The summed E-state index contributed by atoms with van der Waals surface area (Å²) in [4.78, 5) is 0. The molecule has 0 aliphatic carbocycles. The molecule has 0 atom stereocenters. The van der Waals surface area contributed by atoms with Crippen LogP contribution in [0.25, 0.3) is 0 Å². The first kappa shape index (κ1) is 20.2. The predicted octanol–water partition coefficient (Wildman–Crippen LogP) is 1.30. The van der Waals surface area contributed by atoms with Crippen LogP contribution in [0.3, 0.4) is 0 Å². The van der Waals surface area contributed by atoms with E-state index in [9.17, 15) is 5.11 Å². The summed E-state index contributed by atoms with van der Waals surface area (Å²) in [6, 6.07) is 7.39. The smallest absolute Gasteiger partial charge is 0.187 e. The zero-order valence-corrected chi connectivity index (χ0v) is 14.4. The molecule has 0 aliphatic rings. The molecule has 0 aromatic heterocycles. The van der Waals surface area contributed by atoms with Crippen LogP contribution in [-0.4, -0.2) is 32.5 Å². The molecule has 0 bridgehead atoms. The Bertz CT molecular complexity index is 383. The first-order valence-corrected chi connectivity index (χ1v) is 7.76. The zero-order chi connectivity index (χ0) is 14.8. The third-order valence-electron chi connectivity index (χ3n) is 3.58. The molecule has 0 radical (unpaired) electrons. The minimum atomic E-state index is 0. The van der Waals surface area contributed by atoms with Gasteiger partial charge in [-0.2, -0.15) is 0 Å². The molecular formula is C17H30ClNO2. The highest BCUT2D eigenvalue weighted by atomic mass is 35.5. The summed E-state index contributed by atoms with van der Waals surface area (Å²) in [6.45, 7) is 3.70. The number of ether oxygens (including phenoxy) is 1. The van der Waals surface area contributed by atoms with Crippen molar-refractivity contribution in [3.8, 4) is 5.75 Å². The standard InChI is InChI=1S/C17H29NO2.ClH/c1-4-5-6-7-8-9-13-20-15-18(2,3)16-11-10-12-17(19)14-16;/h10-12,14H,4-9,13,15H2,1-3H3;1H.